The van der Waals surface area contributed by atoms with E-state index in [-0.39, 0.29) is 11.4 Å². The predicted molar refractivity (Wildman–Crippen MR) is 98.9 cm³/mol. The summed E-state index contributed by atoms with van der Waals surface area (Å²) in [6.45, 7) is 0. The monoisotopic (exact) mass is 352 g/mol. The van der Waals surface area contributed by atoms with Gasteiger partial charge in [0.2, 0.25) is 5.91 Å². The second kappa shape index (κ2) is 7.65. The fourth-order valence-corrected chi connectivity index (χ4v) is 2.55. The van der Waals surface area contributed by atoms with Crippen molar-refractivity contribution in [3.05, 3.63) is 66.1 Å². The van der Waals surface area contributed by atoms with E-state index in [9.17, 15) is 9.18 Å². The molecule has 0 aliphatic heterocycles. The number of para-hydroxylation sites is 1. The van der Waals surface area contributed by atoms with Gasteiger partial charge in [0, 0.05) is 17.7 Å². The van der Waals surface area contributed by atoms with Gasteiger partial charge >= 0.3 is 0 Å². The molecule has 1 heterocycles. The van der Waals surface area contributed by atoms with Crippen LogP contribution in [0.1, 0.15) is 5.56 Å². The Morgan fingerprint density at radius 3 is 2.69 bits per heavy atom. The van der Waals surface area contributed by atoms with Gasteiger partial charge < -0.3 is 14.8 Å². The molecule has 1 amide bonds. The van der Waals surface area contributed by atoms with Gasteiger partial charge in [0.15, 0.2) is 11.5 Å². The summed E-state index contributed by atoms with van der Waals surface area (Å²) in [6.07, 6.45) is 4.51. The van der Waals surface area contributed by atoms with Crippen LogP contribution in [0, 0.1) is 5.82 Å². The summed E-state index contributed by atoms with van der Waals surface area (Å²) in [6, 6.07) is 11.6. The van der Waals surface area contributed by atoms with E-state index in [1.54, 1.807) is 50.6 Å². The van der Waals surface area contributed by atoms with Crippen LogP contribution < -0.4 is 14.8 Å². The van der Waals surface area contributed by atoms with Crippen molar-refractivity contribution < 1.29 is 18.7 Å². The molecule has 0 fully saturated rings. The SMILES string of the molecule is COc1ccc(/C=C/C(=O)Nc2ccnc3c(F)cccc23)cc1OC. The largest absolute Gasteiger partial charge is 0.493 e. The van der Waals surface area contributed by atoms with E-state index in [1.807, 2.05) is 6.07 Å². The van der Waals surface area contributed by atoms with Crippen LogP contribution in [0.2, 0.25) is 0 Å². The van der Waals surface area contributed by atoms with Crippen LogP contribution >= 0.6 is 0 Å². The van der Waals surface area contributed by atoms with E-state index in [2.05, 4.69) is 10.3 Å². The highest BCUT2D eigenvalue weighted by Gasteiger charge is 2.08. The Bertz CT molecular complexity index is 986. The number of hydrogen-bond donors (Lipinski definition) is 1. The molecule has 0 saturated carbocycles. The zero-order valence-electron chi connectivity index (χ0n) is 14.3. The molecule has 5 nitrogen and oxygen atoms in total. The highest BCUT2D eigenvalue weighted by molar-refractivity contribution is 6.06. The first-order chi connectivity index (χ1) is 12.6. The maximum Gasteiger partial charge on any atom is 0.248 e. The van der Waals surface area contributed by atoms with Crippen molar-refractivity contribution in [1.82, 2.24) is 4.98 Å². The summed E-state index contributed by atoms with van der Waals surface area (Å²) in [5.41, 5.74) is 1.49. The summed E-state index contributed by atoms with van der Waals surface area (Å²) in [4.78, 5) is 16.2. The van der Waals surface area contributed by atoms with E-state index in [1.165, 1.54) is 18.3 Å². The van der Waals surface area contributed by atoms with Crippen molar-refractivity contribution in [2.75, 3.05) is 19.5 Å². The van der Waals surface area contributed by atoms with E-state index < -0.39 is 5.82 Å². The molecule has 0 radical (unpaired) electrons. The number of nitrogens with zero attached hydrogens (tertiary/aromatic N) is 1. The standard InChI is InChI=1S/C20H17FN2O3/c1-25-17-8-6-13(12-18(17)26-2)7-9-19(24)23-16-10-11-22-20-14(16)4-3-5-15(20)21/h3-12H,1-2H3,(H,22,23,24)/b9-7+. The average molecular weight is 352 g/mol. The highest BCUT2D eigenvalue weighted by atomic mass is 19.1. The summed E-state index contributed by atoms with van der Waals surface area (Å²) >= 11 is 0. The van der Waals surface area contributed by atoms with Gasteiger partial charge in [-0.2, -0.15) is 0 Å². The van der Waals surface area contributed by atoms with Gasteiger partial charge in [0.05, 0.1) is 19.9 Å². The Balaban J connectivity index is 1.79. The van der Waals surface area contributed by atoms with Gasteiger partial charge in [0.25, 0.3) is 0 Å². The number of pyridine rings is 1. The molecule has 1 aromatic heterocycles. The minimum Gasteiger partial charge on any atom is -0.493 e. The van der Waals surface area contributed by atoms with Gasteiger partial charge in [-0.25, -0.2) is 4.39 Å². The van der Waals surface area contributed by atoms with E-state index >= 15 is 0 Å². The Morgan fingerprint density at radius 1 is 1.12 bits per heavy atom. The minimum absolute atomic E-state index is 0.217. The number of carbonyl (C=O) groups excluding carboxylic acids is 1. The Labute approximate surface area is 150 Å². The maximum absolute atomic E-state index is 13.8. The fraction of sp³-hybridized carbons (Fsp3) is 0.100. The zero-order valence-corrected chi connectivity index (χ0v) is 14.3. The molecule has 132 valence electrons. The summed E-state index contributed by atoms with van der Waals surface area (Å²) < 4.78 is 24.2. The first kappa shape index (κ1) is 17.4. The number of rotatable bonds is 5. The number of ether oxygens (including phenoxy) is 2. The second-order valence-corrected chi connectivity index (χ2v) is 5.43. The van der Waals surface area contributed by atoms with E-state index in [0.29, 0.717) is 22.6 Å². The van der Waals surface area contributed by atoms with Crippen LogP contribution in [0.25, 0.3) is 17.0 Å². The molecule has 0 bridgehead atoms. The molecule has 1 N–H and O–H groups in total. The highest BCUT2D eigenvalue weighted by Crippen LogP contribution is 2.28. The lowest BCUT2D eigenvalue weighted by molar-refractivity contribution is -0.111. The number of aromatic nitrogens is 1. The lowest BCUT2D eigenvalue weighted by atomic mass is 10.1. The molecule has 6 heteroatoms. The molecule has 0 saturated heterocycles. The number of fused-ring (bicyclic) bond motifs is 1. The number of halogens is 1. The quantitative estimate of drug-likeness (QED) is 0.704. The molecule has 26 heavy (non-hydrogen) atoms. The Hall–Kier alpha value is -3.41. The lowest BCUT2D eigenvalue weighted by Crippen LogP contribution is -2.08. The molecule has 0 atom stereocenters. The van der Waals surface area contributed by atoms with Crippen molar-refractivity contribution in [3.63, 3.8) is 0 Å². The van der Waals surface area contributed by atoms with Crippen LogP contribution in [0.4, 0.5) is 10.1 Å². The molecule has 0 spiro atoms. The smallest absolute Gasteiger partial charge is 0.248 e. The van der Waals surface area contributed by atoms with Crippen LogP contribution in [-0.2, 0) is 4.79 Å². The van der Waals surface area contributed by atoms with Gasteiger partial charge in [-0.05, 0) is 35.9 Å². The van der Waals surface area contributed by atoms with Crippen LogP contribution in [0.3, 0.4) is 0 Å². The molecule has 2 aromatic carbocycles. The topological polar surface area (TPSA) is 60.5 Å². The number of methoxy groups -OCH3 is 2. The molecule has 0 aliphatic rings. The summed E-state index contributed by atoms with van der Waals surface area (Å²) in [5, 5.41) is 3.29. The number of hydrogen-bond acceptors (Lipinski definition) is 4. The molecule has 3 aromatic rings. The molecular weight excluding hydrogens is 335 g/mol. The normalized spacial score (nSPS) is 10.9. The number of nitrogens with one attached hydrogen (secondary N) is 1. The molecular formula is C20H17FN2O3. The molecule has 3 rings (SSSR count). The third kappa shape index (κ3) is 3.64. The third-order valence-electron chi connectivity index (χ3n) is 3.81. The molecule has 0 aliphatic carbocycles. The minimum atomic E-state index is -0.431. The third-order valence-corrected chi connectivity index (χ3v) is 3.81. The predicted octanol–water partition coefficient (Wildman–Crippen LogP) is 4.04. The Morgan fingerprint density at radius 2 is 1.92 bits per heavy atom. The van der Waals surface area contributed by atoms with Crippen molar-refractivity contribution in [3.8, 4) is 11.5 Å². The van der Waals surface area contributed by atoms with Gasteiger partial charge in [-0.1, -0.05) is 18.2 Å². The van der Waals surface area contributed by atoms with Crippen molar-refractivity contribution in [2.45, 2.75) is 0 Å². The van der Waals surface area contributed by atoms with E-state index in [4.69, 9.17) is 9.47 Å². The van der Waals surface area contributed by atoms with Crippen molar-refractivity contribution >= 4 is 28.6 Å². The first-order valence-electron chi connectivity index (χ1n) is 7.86. The van der Waals surface area contributed by atoms with Gasteiger partial charge in [-0.15, -0.1) is 0 Å². The summed E-state index contributed by atoms with van der Waals surface area (Å²) in [5.74, 6) is 0.418. The average Bonchev–Trinajstić information content (AvgIpc) is 2.67. The van der Waals surface area contributed by atoms with Crippen LogP contribution in [0.15, 0.2) is 54.7 Å². The number of amides is 1. The molecule has 0 unspecified atom stereocenters. The lowest BCUT2D eigenvalue weighted by Gasteiger charge is -2.08. The number of carbonyl (C=O) groups is 1. The van der Waals surface area contributed by atoms with Crippen LogP contribution in [-0.4, -0.2) is 25.1 Å². The fourth-order valence-electron chi connectivity index (χ4n) is 2.55. The maximum atomic E-state index is 13.8. The first-order valence-corrected chi connectivity index (χ1v) is 7.86. The van der Waals surface area contributed by atoms with Crippen molar-refractivity contribution in [2.24, 2.45) is 0 Å². The zero-order chi connectivity index (χ0) is 18.5. The van der Waals surface area contributed by atoms with Crippen molar-refractivity contribution in [1.29, 1.82) is 0 Å². The number of benzene rings is 2. The Kier molecular flexibility index (Phi) is 5.12. The summed E-state index contributed by atoms with van der Waals surface area (Å²) in [7, 11) is 3.11. The second-order valence-electron chi connectivity index (χ2n) is 5.43. The van der Waals surface area contributed by atoms with Gasteiger partial charge in [-0.3, -0.25) is 9.78 Å². The van der Waals surface area contributed by atoms with E-state index in [0.717, 1.165) is 5.56 Å². The number of anilines is 1. The van der Waals surface area contributed by atoms with Gasteiger partial charge in [0.1, 0.15) is 11.3 Å². The van der Waals surface area contributed by atoms with Crippen LogP contribution in [0.5, 0.6) is 11.5 Å².